The van der Waals surface area contributed by atoms with E-state index in [1.54, 1.807) is 6.92 Å². The van der Waals surface area contributed by atoms with Gasteiger partial charge < -0.3 is 20.1 Å². The number of halogens is 3. The fourth-order valence-corrected chi connectivity index (χ4v) is 3.64. The minimum Gasteiger partial charge on any atom is -0.481 e. The van der Waals surface area contributed by atoms with Crippen molar-refractivity contribution in [2.75, 3.05) is 26.3 Å². The molecule has 2 N–H and O–H groups in total. The summed E-state index contributed by atoms with van der Waals surface area (Å²) in [7, 11) is 0. The summed E-state index contributed by atoms with van der Waals surface area (Å²) in [4.78, 5) is 25.4. The van der Waals surface area contributed by atoms with E-state index in [2.05, 4.69) is 10.1 Å². The van der Waals surface area contributed by atoms with Crippen LogP contribution < -0.4 is 5.32 Å². The zero-order valence-electron chi connectivity index (χ0n) is 13.6. The van der Waals surface area contributed by atoms with E-state index >= 15 is 0 Å². The van der Waals surface area contributed by atoms with E-state index in [9.17, 15) is 27.9 Å². The summed E-state index contributed by atoms with van der Waals surface area (Å²) in [5, 5.41) is 12.2. The van der Waals surface area contributed by atoms with Crippen LogP contribution in [0.15, 0.2) is 0 Å². The maximum Gasteiger partial charge on any atom is 0.411 e. The third kappa shape index (κ3) is 4.12. The Labute approximate surface area is 138 Å². The summed E-state index contributed by atoms with van der Waals surface area (Å²) in [6, 6.07) is -0.978. The fourth-order valence-electron chi connectivity index (χ4n) is 3.64. The van der Waals surface area contributed by atoms with Gasteiger partial charge in [0.15, 0.2) is 0 Å². The van der Waals surface area contributed by atoms with Crippen LogP contribution in [-0.2, 0) is 9.53 Å². The molecule has 2 rings (SSSR count). The average Bonchev–Trinajstić information content (AvgIpc) is 3.02. The molecular formula is C15H23F3N2O4. The Kier molecular flexibility index (Phi) is 5.62. The van der Waals surface area contributed by atoms with Crippen LogP contribution in [0, 0.1) is 11.3 Å². The van der Waals surface area contributed by atoms with Crippen LogP contribution in [0.3, 0.4) is 0 Å². The highest BCUT2D eigenvalue weighted by Crippen LogP contribution is 2.48. The lowest BCUT2D eigenvalue weighted by Gasteiger charge is -2.25. The van der Waals surface area contributed by atoms with Crippen molar-refractivity contribution in [2.45, 2.75) is 44.8 Å². The third-order valence-corrected chi connectivity index (χ3v) is 4.99. The second-order valence-electron chi connectivity index (χ2n) is 6.62. The van der Waals surface area contributed by atoms with E-state index in [4.69, 9.17) is 0 Å². The van der Waals surface area contributed by atoms with Crippen LogP contribution in [0.1, 0.15) is 32.6 Å². The fraction of sp³-hybridized carbons (Fsp3) is 0.867. The second kappa shape index (κ2) is 7.16. The molecule has 0 aromatic carbocycles. The van der Waals surface area contributed by atoms with Crippen LogP contribution in [0.25, 0.3) is 0 Å². The number of fused-ring (bicyclic) bond motifs is 1. The van der Waals surface area contributed by atoms with Crippen LogP contribution >= 0.6 is 0 Å². The van der Waals surface area contributed by atoms with E-state index in [0.717, 1.165) is 12.8 Å². The third-order valence-electron chi connectivity index (χ3n) is 4.99. The van der Waals surface area contributed by atoms with Gasteiger partial charge in [0, 0.05) is 13.1 Å². The lowest BCUT2D eigenvalue weighted by molar-refractivity contribution is -0.175. The molecule has 6 nitrogen and oxygen atoms in total. The number of alkyl halides is 3. The number of aliphatic carboxylic acids is 1. The number of likely N-dealkylation sites (tertiary alicyclic amines) is 1. The Morgan fingerprint density at radius 3 is 2.71 bits per heavy atom. The van der Waals surface area contributed by atoms with Crippen molar-refractivity contribution in [1.29, 1.82) is 0 Å². The van der Waals surface area contributed by atoms with Gasteiger partial charge in [-0.2, -0.15) is 13.2 Å². The first-order chi connectivity index (χ1) is 11.2. The molecule has 138 valence electrons. The van der Waals surface area contributed by atoms with Crippen LogP contribution in [0.5, 0.6) is 0 Å². The van der Waals surface area contributed by atoms with Gasteiger partial charge in [0.05, 0.1) is 18.1 Å². The van der Waals surface area contributed by atoms with Gasteiger partial charge in [-0.05, 0) is 25.2 Å². The number of rotatable bonds is 6. The first-order valence-electron chi connectivity index (χ1n) is 8.11. The van der Waals surface area contributed by atoms with E-state index in [1.807, 2.05) is 0 Å². The molecule has 2 amide bonds. The molecule has 9 heteroatoms. The number of carboxylic acid groups (broad SMARTS) is 1. The molecule has 1 aliphatic carbocycles. The highest BCUT2D eigenvalue weighted by Gasteiger charge is 2.55. The van der Waals surface area contributed by atoms with Gasteiger partial charge in [0.2, 0.25) is 0 Å². The second-order valence-corrected chi connectivity index (χ2v) is 6.62. The number of carbonyl (C=O) groups excluding carboxylic acids is 1. The molecule has 24 heavy (non-hydrogen) atoms. The molecule has 0 spiro atoms. The molecule has 1 saturated carbocycles. The largest absolute Gasteiger partial charge is 0.481 e. The Balaban J connectivity index is 1.87. The predicted molar refractivity (Wildman–Crippen MR) is 78.5 cm³/mol. The maximum atomic E-state index is 12.3. The quantitative estimate of drug-likeness (QED) is 0.768. The van der Waals surface area contributed by atoms with Crippen molar-refractivity contribution in [2.24, 2.45) is 11.3 Å². The standard InChI is InChI=1S/C15H23F3N2O4/c1-2-11(7-24-9-15(16,17)18)19-13(23)20-6-10-4-3-5-14(10,8-20)12(21)22/h10-11H,2-9H2,1H3,(H,19,23)(H,21,22)/t10-,11?,14+/m0/s1. The van der Waals surface area contributed by atoms with Gasteiger partial charge in [-0.3, -0.25) is 4.79 Å². The first-order valence-corrected chi connectivity index (χ1v) is 8.11. The molecule has 3 atom stereocenters. The molecule has 0 bridgehead atoms. The molecule has 1 saturated heterocycles. The molecule has 2 aliphatic rings. The van der Waals surface area contributed by atoms with Gasteiger partial charge in [0.25, 0.3) is 0 Å². The lowest BCUT2D eigenvalue weighted by Crippen LogP contribution is -2.47. The Morgan fingerprint density at radius 1 is 1.46 bits per heavy atom. The lowest BCUT2D eigenvalue weighted by atomic mass is 9.81. The number of hydrogen-bond donors (Lipinski definition) is 2. The number of nitrogens with zero attached hydrogens (tertiary/aromatic N) is 1. The number of nitrogens with one attached hydrogen (secondary N) is 1. The zero-order valence-corrected chi connectivity index (χ0v) is 13.6. The van der Waals surface area contributed by atoms with Gasteiger partial charge in [-0.15, -0.1) is 0 Å². The van der Waals surface area contributed by atoms with Crippen LogP contribution in [0.4, 0.5) is 18.0 Å². The van der Waals surface area contributed by atoms with Crippen molar-refractivity contribution in [3.05, 3.63) is 0 Å². The van der Waals surface area contributed by atoms with Crippen molar-refractivity contribution in [1.82, 2.24) is 10.2 Å². The summed E-state index contributed by atoms with van der Waals surface area (Å²) in [6.07, 6.45) is -1.80. The number of carboxylic acids is 1. The number of urea groups is 1. The van der Waals surface area contributed by atoms with Crippen LogP contribution in [0.2, 0.25) is 0 Å². The zero-order chi connectivity index (χ0) is 18.0. The summed E-state index contributed by atoms with van der Waals surface area (Å²) in [6.45, 7) is 0.673. The number of hydrogen-bond acceptors (Lipinski definition) is 3. The van der Waals surface area contributed by atoms with Crippen molar-refractivity contribution < 1.29 is 32.6 Å². The molecule has 0 aromatic heterocycles. The van der Waals surface area contributed by atoms with Crippen molar-refractivity contribution >= 4 is 12.0 Å². The topological polar surface area (TPSA) is 78.9 Å². The molecule has 2 fully saturated rings. The normalized spacial score (nSPS) is 27.8. The Bertz CT molecular complexity index is 486. The van der Waals surface area contributed by atoms with Gasteiger partial charge >= 0.3 is 18.2 Å². The molecule has 1 aliphatic heterocycles. The SMILES string of the molecule is CCC(COCC(F)(F)F)NC(=O)N1C[C@@H]2CCC[C@@]2(C(=O)O)C1. The highest BCUT2D eigenvalue weighted by molar-refractivity contribution is 5.80. The minimum atomic E-state index is -4.40. The highest BCUT2D eigenvalue weighted by atomic mass is 19.4. The average molecular weight is 352 g/mol. The molecular weight excluding hydrogens is 329 g/mol. The van der Waals surface area contributed by atoms with E-state index in [-0.39, 0.29) is 19.1 Å². The molecule has 0 radical (unpaired) electrons. The number of ether oxygens (including phenoxy) is 1. The smallest absolute Gasteiger partial charge is 0.411 e. The summed E-state index contributed by atoms with van der Waals surface area (Å²) >= 11 is 0. The van der Waals surface area contributed by atoms with E-state index in [0.29, 0.717) is 19.4 Å². The van der Waals surface area contributed by atoms with E-state index in [1.165, 1.54) is 4.90 Å². The van der Waals surface area contributed by atoms with E-state index < -0.39 is 36.2 Å². The maximum absolute atomic E-state index is 12.3. The first kappa shape index (κ1) is 18.8. The monoisotopic (exact) mass is 352 g/mol. The molecule has 0 aromatic rings. The Hall–Kier alpha value is -1.51. The van der Waals surface area contributed by atoms with Crippen molar-refractivity contribution in [3.8, 4) is 0 Å². The summed E-state index contributed by atoms with van der Waals surface area (Å²) in [5.41, 5.74) is -0.869. The Morgan fingerprint density at radius 2 is 2.17 bits per heavy atom. The minimum absolute atomic E-state index is 0.0534. The van der Waals surface area contributed by atoms with Gasteiger partial charge in [-0.25, -0.2) is 4.79 Å². The predicted octanol–water partition coefficient (Wildman–Crippen LogP) is 2.24. The summed E-state index contributed by atoms with van der Waals surface area (Å²) < 4.78 is 40.9. The summed E-state index contributed by atoms with van der Waals surface area (Å²) in [5.74, 6) is -0.928. The van der Waals surface area contributed by atoms with Gasteiger partial charge in [0.1, 0.15) is 6.61 Å². The number of carbonyl (C=O) groups is 2. The molecule has 1 unspecified atom stereocenters. The number of amides is 2. The molecule has 1 heterocycles. The van der Waals surface area contributed by atoms with Crippen molar-refractivity contribution in [3.63, 3.8) is 0 Å². The van der Waals surface area contributed by atoms with Crippen LogP contribution in [-0.4, -0.2) is 60.5 Å². The van der Waals surface area contributed by atoms with Gasteiger partial charge in [-0.1, -0.05) is 13.3 Å².